The molecule has 0 aromatic carbocycles. The summed E-state index contributed by atoms with van der Waals surface area (Å²) in [5, 5.41) is 17.9. The monoisotopic (exact) mass is 139 g/mol. The number of nitrogens with zero attached hydrogens (tertiary/aromatic N) is 1. The summed E-state index contributed by atoms with van der Waals surface area (Å²) in [7, 11) is 0. The van der Waals surface area contributed by atoms with E-state index in [9.17, 15) is 0 Å². The van der Waals surface area contributed by atoms with Gasteiger partial charge in [-0.3, -0.25) is 4.98 Å². The third kappa shape index (κ3) is 1.45. The molecule has 0 aliphatic rings. The molecule has 0 saturated carbocycles. The molecule has 3 heteroatoms. The van der Waals surface area contributed by atoms with Crippen molar-refractivity contribution < 1.29 is 10.2 Å². The van der Waals surface area contributed by atoms with Gasteiger partial charge in [-0.2, -0.15) is 0 Å². The third-order valence-corrected chi connectivity index (χ3v) is 1.23. The lowest BCUT2D eigenvalue weighted by atomic mass is 10.2. The maximum Gasteiger partial charge on any atom is 0.134 e. The van der Waals surface area contributed by atoms with Crippen molar-refractivity contribution in [3.05, 3.63) is 24.0 Å². The van der Waals surface area contributed by atoms with E-state index in [2.05, 4.69) is 4.98 Å². The number of aliphatic hydroxyl groups is 1. The van der Waals surface area contributed by atoms with Gasteiger partial charge in [0.2, 0.25) is 0 Å². The van der Waals surface area contributed by atoms with E-state index in [1.165, 1.54) is 18.5 Å². The molecule has 0 spiro atoms. The van der Waals surface area contributed by atoms with Crippen LogP contribution < -0.4 is 0 Å². The first kappa shape index (κ1) is 7.02. The summed E-state index contributed by atoms with van der Waals surface area (Å²) in [4.78, 5) is 3.70. The quantitative estimate of drug-likeness (QED) is 0.606. The SMILES string of the molecule is CC(O)c1cncc(O)c1. The van der Waals surface area contributed by atoms with Crippen molar-refractivity contribution in [3.8, 4) is 5.75 Å². The molecule has 0 fully saturated rings. The summed E-state index contributed by atoms with van der Waals surface area (Å²) >= 11 is 0. The molecule has 1 aromatic rings. The van der Waals surface area contributed by atoms with Gasteiger partial charge in [0.1, 0.15) is 5.75 Å². The molecule has 0 bridgehead atoms. The Morgan fingerprint density at radius 1 is 1.50 bits per heavy atom. The number of hydrogen-bond acceptors (Lipinski definition) is 3. The molecule has 1 atom stereocenters. The molecule has 1 rings (SSSR count). The maximum atomic E-state index is 9.00. The highest BCUT2D eigenvalue weighted by molar-refractivity contribution is 5.22. The van der Waals surface area contributed by atoms with Crippen LogP contribution in [-0.2, 0) is 0 Å². The van der Waals surface area contributed by atoms with Crippen LogP contribution in [0.25, 0.3) is 0 Å². The van der Waals surface area contributed by atoms with E-state index in [0.29, 0.717) is 5.56 Å². The van der Waals surface area contributed by atoms with Crippen LogP contribution >= 0.6 is 0 Å². The van der Waals surface area contributed by atoms with Crippen molar-refractivity contribution in [3.63, 3.8) is 0 Å². The normalized spacial score (nSPS) is 13.0. The number of aliphatic hydroxyl groups excluding tert-OH is 1. The minimum absolute atomic E-state index is 0.0819. The molecule has 0 radical (unpaired) electrons. The topological polar surface area (TPSA) is 53.4 Å². The Hall–Kier alpha value is -1.09. The predicted octanol–water partition coefficient (Wildman–Crippen LogP) is 0.840. The minimum atomic E-state index is -0.570. The van der Waals surface area contributed by atoms with E-state index < -0.39 is 6.10 Å². The Morgan fingerprint density at radius 3 is 2.60 bits per heavy atom. The average Bonchev–Trinajstić information content (AvgIpc) is 1.88. The van der Waals surface area contributed by atoms with Crippen molar-refractivity contribution in [2.45, 2.75) is 13.0 Å². The minimum Gasteiger partial charge on any atom is -0.506 e. The van der Waals surface area contributed by atoms with Crippen molar-refractivity contribution in [2.24, 2.45) is 0 Å². The summed E-state index contributed by atoms with van der Waals surface area (Å²) in [5.41, 5.74) is 0.625. The van der Waals surface area contributed by atoms with Crippen molar-refractivity contribution in [1.82, 2.24) is 4.98 Å². The molecule has 0 aliphatic carbocycles. The van der Waals surface area contributed by atoms with Crippen LogP contribution in [0, 0.1) is 0 Å². The van der Waals surface area contributed by atoms with Crippen LogP contribution in [-0.4, -0.2) is 15.2 Å². The molecule has 1 unspecified atom stereocenters. The first-order chi connectivity index (χ1) is 4.70. The Bertz CT molecular complexity index is 223. The lowest BCUT2D eigenvalue weighted by Crippen LogP contribution is -1.90. The Morgan fingerprint density at radius 2 is 2.20 bits per heavy atom. The first-order valence-corrected chi connectivity index (χ1v) is 3.02. The van der Waals surface area contributed by atoms with Crippen LogP contribution in [0.3, 0.4) is 0 Å². The molecule has 54 valence electrons. The fourth-order valence-electron chi connectivity index (χ4n) is 0.673. The molecule has 1 heterocycles. The van der Waals surface area contributed by atoms with Gasteiger partial charge in [-0.1, -0.05) is 0 Å². The molecule has 2 N–H and O–H groups in total. The van der Waals surface area contributed by atoms with Gasteiger partial charge in [-0.15, -0.1) is 0 Å². The van der Waals surface area contributed by atoms with E-state index in [1.54, 1.807) is 6.92 Å². The van der Waals surface area contributed by atoms with Crippen LogP contribution in [0.4, 0.5) is 0 Å². The Kier molecular flexibility index (Phi) is 1.87. The zero-order chi connectivity index (χ0) is 7.56. The van der Waals surface area contributed by atoms with Gasteiger partial charge in [0.25, 0.3) is 0 Å². The number of aromatic hydroxyl groups is 1. The van der Waals surface area contributed by atoms with Gasteiger partial charge in [0, 0.05) is 11.8 Å². The summed E-state index contributed by atoms with van der Waals surface area (Å²) in [6.45, 7) is 1.62. The highest BCUT2D eigenvalue weighted by Crippen LogP contribution is 2.14. The molecule has 1 aromatic heterocycles. The van der Waals surface area contributed by atoms with Gasteiger partial charge < -0.3 is 10.2 Å². The summed E-state index contributed by atoms with van der Waals surface area (Å²) in [6.07, 6.45) is 2.27. The second-order valence-corrected chi connectivity index (χ2v) is 2.15. The van der Waals surface area contributed by atoms with Crippen LogP contribution in [0.15, 0.2) is 18.5 Å². The predicted molar refractivity (Wildman–Crippen MR) is 36.5 cm³/mol. The first-order valence-electron chi connectivity index (χ1n) is 3.02. The number of pyridine rings is 1. The largest absolute Gasteiger partial charge is 0.506 e. The van der Waals surface area contributed by atoms with Gasteiger partial charge in [0.15, 0.2) is 0 Å². The summed E-state index contributed by atoms with van der Waals surface area (Å²) in [6, 6.07) is 1.48. The second kappa shape index (κ2) is 2.66. The lowest BCUT2D eigenvalue weighted by Gasteiger charge is -2.02. The van der Waals surface area contributed by atoms with E-state index in [0.717, 1.165) is 0 Å². The summed E-state index contributed by atoms with van der Waals surface area (Å²) < 4.78 is 0. The van der Waals surface area contributed by atoms with E-state index >= 15 is 0 Å². The highest BCUT2D eigenvalue weighted by atomic mass is 16.3. The Labute approximate surface area is 59.0 Å². The van der Waals surface area contributed by atoms with Gasteiger partial charge >= 0.3 is 0 Å². The fourth-order valence-corrected chi connectivity index (χ4v) is 0.673. The molecule has 0 saturated heterocycles. The van der Waals surface area contributed by atoms with E-state index in [1.807, 2.05) is 0 Å². The molecule has 0 amide bonds. The van der Waals surface area contributed by atoms with Crippen LogP contribution in [0.5, 0.6) is 5.75 Å². The zero-order valence-corrected chi connectivity index (χ0v) is 5.65. The summed E-state index contributed by atoms with van der Waals surface area (Å²) in [5.74, 6) is 0.0819. The van der Waals surface area contributed by atoms with Crippen molar-refractivity contribution in [2.75, 3.05) is 0 Å². The standard InChI is InChI=1S/C7H9NO2/c1-5(9)6-2-7(10)4-8-3-6/h2-5,9-10H,1H3. The fraction of sp³-hybridized carbons (Fsp3) is 0.286. The Balaban J connectivity index is 2.96. The third-order valence-electron chi connectivity index (χ3n) is 1.23. The molecule has 0 aliphatic heterocycles. The number of hydrogen-bond donors (Lipinski definition) is 2. The van der Waals surface area contributed by atoms with E-state index in [4.69, 9.17) is 10.2 Å². The van der Waals surface area contributed by atoms with Crippen molar-refractivity contribution >= 4 is 0 Å². The van der Waals surface area contributed by atoms with Gasteiger partial charge in [-0.05, 0) is 13.0 Å². The average molecular weight is 139 g/mol. The lowest BCUT2D eigenvalue weighted by molar-refractivity contribution is 0.198. The molecular weight excluding hydrogens is 130 g/mol. The van der Waals surface area contributed by atoms with Crippen LogP contribution in [0.2, 0.25) is 0 Å². The smallest absolute Gasteiger partial charge is 0.134 e. The van der Waals surface area contributed by atoms with Gasteiger partial charge in [-0.25, -0.2) is 0 Å². The second-order valence-electron chi connectivity index (χ2n) is 2.15. The molecule has 10 heavy (non-hydrogen) atoms. The molecule has 3 nitrogen and oxygen atoms in total. The van der Waals surface area contributed by atoms with Crippen molar-refractivity contribution in [1.29, 1.82) is 0 Å². The number of rotatable bonds is 1. The highest BCUT2D eigenvalue weighted by Gasteiger charge is 2.00. The maximum absolute atomic E-state index is 9.00. The zero-order valence-electron chi connectivity index (χ0n) is 5.65. The number of aromatic nitrogens is 1. The van der Waals surface area contributed by atoms with E-state index in [-0.39, 0.29) is 5.75 Å². The molecular formula is C7H9NO2. The van der Waals surface area contributed by atoms with Gasteiger partial charge in [0.05, 0.1) is 12.3 Å². The van der Waals surface area contributed by atoms with Crippen LogP contribution in [0.1, 0.15) is 18.6 Å².